The van der Waals surface area contributed by atoms with E-state index in [0.29, 0.717) is 4.47 Å². The first-order valence-electron chi connectivity index (χ1n) is 4.26. The number of hydroxylamine groups is 2. The van der Waals surface area contributed by atoms with Gasteiger partial charge >= 0.3 is 5.95 Å². The largest absolute Gasteiger partial charge is 0.488 e. The molecule has 0 saturated heterocycles. The highest BCUT2D eigenvalue weighted by Crippen LogP contribution is 2.35. The molecule has 0 amide bonds. The summed E-state index contributed by atoms with van der Waals surface area (Å²) in [7, 11) is 0. The molecule has 0 radical (unpaired) electrons. The first-order valence-corrected chi connectivity index (χ1v) is 5.05. The second kappa shape index (κ2) is 3.85. The van der Waals surface area contributed by atoms with Gasteiger partial charge in [-0.15, -0.1) is 0 Å². The number of halogens is 1. The third kappa shape index (κ3) is 1.69. The van der Waals surface area contributed by atoms with E-state index in [2.05, 4.69) is 15.9 Å². The Morgan fingerprint density at radius 1 is 1.31 bits per heavy atom. The van der Waals surface area contributed by atoms with Crippen LogP contribution in [-0.4, -0.2) is 25.6 Å². The molecule has 1 heterocycles. The summed E-state index contributed by atoms with van der Waals surface area (Å²) >= 11 is 3.19. The molecule has 1 aromatic rings. The van der Waals surface area contributed by atoms with Crippen molar-refractivity contribution in [2.75, 3.05) is 0 Å². The molecule has 0 bridgehead atoms. The molecule has 0 spiro atoms. The van der Waals surface area contributed by atoms with Gasteiger partial charge in [-0.05, 0) is 18.2 Å². The first kappa shape index (κ1) is 11.1. The lowest BCUT2D eigenvalue weighted by atomic mass is 10.2. The van der Waals surface area contributed by atoms with Gasteiger partial charge in [0.05, 0.1) is 0 Å². The van der Waals surface area contributed by atoms with Gasteiger partial charge in [-0.2, -0.15) is 5.06 Å². The van der Waals surface area contributed by atoms with E-state index in [1.54, 1.807) is 6.07 Å². The zero-order chi connectivity index (χ0) is 11.9. The topological polar surface area (TPSA) is 93.4 Å². The molecule has 7 heteroatoms. The fraction of sp³-hybridized carbons (Fsp3) is 0.111. The van der Waals surface area contributed by atoms with Gasteiger partial charge in [0, 0.05) is 10.0 Å². The molecule has 0 saturated carbocycles. The Kier molecular flexibility index (Phi) is 2.66. The van der Waals surface area contributed by atoms with Crippen LogP contribution in [0.2, 0.25) is 0 Å². The van der Waals surface area contributed by atoms with Gasteiger partial charge in [0.2, 0.25) is 0 Å². The van der Waals surface area contributed by atoms with Crippen LogP contribution in [0.25, 0.3) is 0 Å². The van der Waals surface area contributed by atoms with Crippen LogP contribution in [0.4, 0.5) is 0 Å². The van der Waals surface area contributed by atoms with Gasteiger partial charge in [-0.25, -0.2) is 0 Å². The molecule has 6 nitrogen and oxygen atoms in total. The highest BCUT2D eigenvalue weighted by Gasteiger charge is 2.29. The van der Waals surface area contributed by atoms with Crippen LogP contribution in [0.5, 0.6) is 5.75 Å². The minimum atomic E-state index is -1.52. The van der Waals surface area contributed by atoms with Crippen molar-refractivity contribution in [3.8, 4) is 5.75 Å². The molecule has 0 aromatic heterocycles. The lowest BCUT2D eigenvalue weighted by molar-refractivity contribution is -0.199. The number of hydrogen-bond donors (Lipinski definition) is 4. The Balaban J connectivity index is 2.56. The van der Waals surface area contributed by atoms with E-state index in [9.17, 15) is 20.5 Å². The monoisotopic (exact) mass is 289 g/mol. The Labute approximate surface area is 98.7 Å². The molecule has 1 aromatic carbocycles. The summed E-state index contributed by atoms with van der Waals surface area (Å²) < 4.78 is 5.55. The van der Waals surface area contributed by atoms with Crippen LogP contribution < -0.4 is 4.74 Å². The Morgan fingerprint density at radius 2 is 2.00 bits per heavy atom. The summed E-state index contributed by atoms with van der Waals surface area (Å²) in [5, 5.41) is 37.6. The van der Waals surface area contributed by atoms with Crippen molar-refractivity contribution in [2.45, 2.75) is 6.23 Å². The SMILES string of the molecule is OC1=C(O)N(O)C(O)c2ccc(Br)cc2O1. The molecular weight excluding hydrogens is 282 g/mol. The quantitative estimate of drug-likeness (QED) is 0.582. The molecule has 1 aliphatic rings. The van der Waals surface area contributed by atoms with E-state index in [-0.39, 0.29) is 16.4 Å². The number of hydrogen-bond acceptors (Lipinski definition) is 6. The van der Waals surface area contributed by atoms with Gasteiger partial charge in [0.1, 0.15) is 5.75 Å². The average molecular weight is 290 g/mol. The van der Waals surface area contributed by atoms with Crippen molar-refractivity contribution < 1.29 is 25.3 Å². The third-order valence-electron chi connectivity index (χ3n) is 2.10. The van der Waals surface area contributed by atoms with Gasteiger partial charge in [-0.1, -0.05) is 15.9 Å². The van der Waals surface area contributed by atoms with E-state index in [0.717, 1.165) is 0 Å². The van der Waals surface area contributed by atoms with Gasteiger partial charge in [-0.3, -0.25) is 5.21 Å². The van der Waals surface area contributed by atoms with Gasteiger partial charge in [0.15, 0.2) is 6.23 Å². The molecule has 4 N–H and O–H groups in total. The molecule has 1 aliphatic heterocycles. The maximum atomic E-state index is 9.66. The van der Waals surface area contributed by atoms with E-state index in [1.165, 1.54) is 12.1 Å². The number of benzene rings is 1. The van der Waals surface area contributed by atoms with Crippen molar-refractivity contribution in [2.24, 2.45) is 0 Å². The van der Waals surface area contributed by atoms with Crippen molar-refractivity contribution in [3.63, 3.8) is 0 Å². The molecule has 2 rings (SSSR count). The third-order valence-corrected chi connectivity index (χ3v) is 2.59. The van der Waals surface area contributed by atoms with Crippen LogP contribution in [0.1, 0.15) is 11.8 Å². The minimum Gasteiger partial charge on any atom is -0.488 e. The Bertz CT molecular complexity index is 461. The number of ether oxygens (including phenoxy) is 1. The minimum absolute atomic E-state index is 0.106. The molecule has 0 fully saturated rings. The first-order chi connectivity index (χ1) is 7.50. The number of nitrogens with zero attached hydrogens (tertiary/aromatic N) is 1. The average Bonchev–Trinajstić information content (AvgIpc) is 2.32. The predicted octanol–water partition coefficient (Wildman–Crippen LogP) is 1.77. The summed E-state index contributed by atoms with van der Waals surface area (Å²) in [5.74, 6) is -1.72. The lowest BCUT2D eigenvalue weighted by Crippen LogP contribution is -2.24. The van der Waals surface area contributed by atoms with Crippen LogP contribution in [0, 0.1) is 0 Å². The molecular formula is C9H8BrNO5. The van der Waals surface area contributed by atoms with E-state index in [4.69, 9.17) is 4.74 Å². The highest BCUT2D eigenvalue weighted by molar-refractivity contribution is 9.10. The highest BCUT2D eigenvalue weighted by atomic mass is 79.9. The molecule has 1 atom stereocenters. The molecule has 1 unspecified atom stereocenters. The molecule has 0 aliphatic carbocycles. The number of fused-ring (bicyclic) bond motifs is 1. The summed E-state index contributed by atoms with van der Waals surface area (Å²) in [4.78, 5) is 0. The second-order valence-electron chi connectivity index (χ2n) is 3.13. The fourth-order valence-corrected chi connectivity index (χ4v) is 1.65. The Hall–Kier alpha value is -1.44. The second-order valence-corrected chi connectivity index (χ2v) is 4.05. The van der Waals surface area contributed by atoms with Crippen molar-refractivity contribution in [1.82, 2.24) is 5.06 Å². The standard InChI is InChI=1S/C9H8BrNO5/c10-4-1-2-5-6(3-4)16-9(14)8(13)11(15)7(5)12/h1-3,7,12-15H. The zero-order valence-corrected chi connectivity index (χ0v) is 9.42. The van der Waals surface area contributed by atoms with E-state index < -0.39 is 18.1 Å². The Morgan fingerprint density at radius 3 is 2.69 bits per heavy atom. The van der Waals surface area contributed by atoms with Crippen LogP contribution in [0.3, 0.4) is 0 Å². The number of aliphatic hydroxyl groups excluding tert-OH is 3. The van der Waals surface area contributed by atoms with E-state index >= 15 is 0 Å². The normalized spacial score (nSPS) is 20.2. The maximum Gasteiger partial charge on any atom is 0.347 e. The van der Waals surface area contributed by atoms with Gasteiger partial charge in [0.25, 0.3) is 5.88 Å². The summed E-state index contributed by atoms with van der Waals surface area (Å²) in [6.45, 7) is 0. The number of rotatable bonds is 0. The molecule has 86 valence electrons. The fourth-order valence-electron chi connectivity index (χ4n) is 1.31. The van der Waals surface area contributed by atoms with Crippen molar-refractivity contribution in [1.29, 1.82) is 0 Å². The van der Waals surface area contributed by atoms with E-state index in [1.807, 2.05) is 0 Å². The summed E-state index contributed by atoms with van der Waals surface area (Å²) in [5.41, 5.74) is 0.210. The number of aliphatic hydroxyl groups is 3. The zero-order valence-electron chi connectivity index (χ0n) is 7.83. The van der Waals surface area contributed by atoms with Crippen molar-refractivity contribution in [3.05, 3.63) is 40.1 Å². The van der Waals surface area contributed by atoms with Crippen molar-refractivity contribution >= 4 is 15.9 Å². The van der Waals surface area contributed by atoms with Crippen LogP contribution in [0.15, 0.2) is 34.5 Å². The lowest BCUT2D eigenvalue weighted by Gasteiger charge is -2.19. The van der Waals surface area contributed by atoms with Crippen LogP contribution >= 0.6 is 15.9 Å². The van der Waals surface area contributed by atoms with Crippen LogP contribution in [-0.2, 0) is 0 Å². The summed E-state index contributed by atoms with van der Waals surface area (Å²) in [6.07, 6.45) is -1.52. The maximum absolute atomic E-state index is 9.66. The smallest absolute Gasteiger partial charge is 0.347 e. The summed E-state index contributed by atoms with van der Waals surface area (Å²) in [6, 6.07) is 4.60. The molecule has 16 heavy (non-hydrogen) atoms. The predicted molar refractivity (Wildman–Crippen MR) is 55.6 cm³/mol. The van der Waals surface area contributed by atoms with Gasteiger partial charge < -0.3 is 20.1 Å².